The Morgan fingerprint density at radius 2 is 1.90 bits per heavy atom. The van der Waals surface area contributed by atoms with Crippen LogP contribution < -0.4 is 5.73 Å². The summed E-state index contributed by atoms with van der Waals surface area (Å²) in [6.07, 6.45) is 13.0. The third-order valence-electron chi connectivity index (χ3n) is 7.83. The number of piperidine rings is 1. The third-order valence-corrected chi connectivity index (χ3v) is 8.76. The number of carbonyl (C=O) groups is 1. The first-order valence-electron chi connectivity index (χ1n) is 13.3. The second kappa shape index (κ2) is 8.81. The largest absolute Gasteiger partial charge is 0.452 e. The van der Waals surface area contributed by atoms with Gasteiger partial charge >= 0.3 is 6.09 Å². The molecule has 0 unspecified atom stereocenters. The van der Waals surface area contributed by atoms with E-state index in [9.17, 15) is 4.79 Å². The van der Waals surface area contributed by atoms with Crippen LogP contribution in [-0.4, -0.2) is 48.4 Å². The molecule has 3 atom stereocenters. The fourth-order valence-electron chi connectivity index (χ4n) is 6.13. The Bertz CT molecular complexity index is 1700. The zero-order valence-electron chi connectivity index (χ0n) is 22.1. The molecule has 0 spiro atoms. The van der Waals surface area contributed by atoms with Crippen LogP contribution in [0.1, 0.15) is 52.5 Å². The summed E-state index contributed by atoms with van der Waals surface area (Å²) in [6, 6.07) is 4.61. The van der Waals surface area contributed by atoms with Gasteiger partial charge in [-0.3, -0.25) is 9.67 Å². The Balaban J connectivity index is 1.18. The monoisotopic (exact) mass is 542 g/mol. The first kappa shape index (κ1) is 24.1. The van der Waals surface area contributed by atoms with Crippen LogP contribution in [0.5, 0.6) is 0 Å². The van der Waals surface area contributed by atoms with Gasteiger partial charge in [0, 0.05) is 69.7 Å². The number of amides is 1. The molecule has 1 amide bonds. The van der Waals surface area contributed by atoms with Gasteiger partial charge in [0.1, 0.15) is 11.4 Å². The van der Waals surface area contributed by atoms with E-state index < -0.39 is 5.60 Å². The van der Waals surface area contributed by atoms with E-state index in [0.29, 0.717) is 11.4 Å². The molecule has 0 aliphatic carbocycles. The van der Waals surface area contributed by atoms with E-state index in [4.69, 9.17) is 20.0 Å². The molecule has 0 aromatic carbocycles. The number of nitrogens with two attached hydrogens (primary N) is 1. The summed E-state index contributed by atoms with van der Waals surface area (Å²) in [7, 11) is 0. The molecule has 5 aromatic rings. The van der Waals surface area contributed by atoms with Gasteiger partial charge in [-0.05, 0) is 58.6 Å². The van der Waals surface area contributed by atoms with Gasteiger partial charge in [0.15, 0.2) is 11.4 Å². The van der Waals surface area contributed by atoms with Gasteiger partial charge in [0.05, 0.1) is 16.9 Å². The molecular weight excluding hydrogens is 512 g/mol. The van der Waals surface area contributed by atoms with Crippen molar-refractivity contribution in [3.63, 3.8) is 0 Å². The van der Waals surface area contributed by atoms with E-state index in [1.807, 2.05) is 50.2 Å². The molecule has 2 saturated heterocycles. The number of fused-ring (bicyclic) bond motifs is 4. The number of thiophene rings is 1. The lowest BCUT2D eigenvalue weighted by Crippen LogP contribution is -2.48. The molecule has 7 heterocycles. The molecule has 2 aliphatic rings. The Labute approximate surface area is 229 Å². The van der Waals surface area contributed by atoms with E-state index in [1.54, 1.807) is 23.7 Å². The molecule has 2 aliphatic heterocycles. The van der Waals surface area contributed by atoms with Crippen LogP contribution in [0.15, 0.2) is 52.9 Å². The zero-order valence-corrected chi connectivity index (χ0v) is 22.9. The van der Waals surface area contributed by atoms with Crippen LogP contribution in [0.3, 0.4) is 0 Å². The van der Waals surface area contributed by atoms with E-state index >= 15 is 0 Å². The average molecular weight is 543 g/mol. The highest BCUT2D eigenvalue weighted by molar-refractivity contribution is 7.17. The van der Waals surface area contributed by atoms with E-state index in [2.05, 4.69) is 26.2 Å². The number of nitrogen functional groups attached to an aromatic ring is 1. The smallest absolute Gasteiger partial charge is 0.410 e. The summed E-state index contributed by atoms with van der Waals surface area (Å²) >= 11 is 1.64. The molecule has 0 radical (unpaired) electrons. The third kappa shape index (κ3) is 4.14. The van der Waals surface area contributed by atoms with Crippen LogP contribution in [0.2, 0.25) is 0 Å². The molecule has 9 nitrogen and oxygen atoms in total. The van der Waals surface area contributed by atoms with Crippen molar-refractivity contribution >= 4 is 44.3 Å². The molecule has 200 valence electrons. The Morgan fingerprint density at radius 3 is 2.67 bits per heavy atom. The molecule has 2 fully saturated rings. The van der Waals surface area contributed by atoms with E-state index in [0.717, 1.165) is 63.6 Å². The minimum Gasteiger partial charge on any atom is -0.452 e. The normalized spacial score (nSPS) is 21.2. The second-order valence-electron chi connectivity index (χ2n) is 11.5. The quantitative estimate of drug-likeness (QED) is 0.271. The van der Waals surface area contributed by atoms with Gasteiger partial charge in [0.2, 0.25) is 0 Å². The van der Waals surface area contributed by atoms with Crippen LogP contribution in [-0.2, 0) is 4.74 Å². The summed E-state index contributed by atoms with van der Waals surface area (Å²) in [5.41, 5.74) is 9.22. The van der Waals surface area contributed by atoms with Crippen molar-refractivity contribution in [1.29, 1.82) is 0 Å². The lowest BCUT2D eigenvalue weighted by molar-refractivity contribution is 0.00232. The van der Waals surface area contributed by atoms with Crippen molar-refractivity contribution in [3.05, 3.63) is 48.5 Å². The fraction of sp³-hybridized carbons (Fsp3) is 0.379. The molecule has 0 saturated carbocycles. The van der Waals surface area contributed by atoms with E-state index in [-0.39, 0.29) is 24.2 Å². The number of pyridine rings is 2. The lowest BCUT2D eigenvalue weighted by Gasteiger charge is -2.39. The number of nitrogens with zero attached hydrogens (tertiary/aromatic N) is 5. The number of rotatable bonds is 3. The van der Waals surface area contributed by atoms with Gasteiger partial charge < -0.3 is 19.8 Å². The summed E-state index contributed by atoms with van der Waals surface area (Å²) in [5, 5.41) is 8.85. The summed E-state index contributed by atoms with van der Waals surface area (Å²) in [4.78, 5) is 23.5. The van der Waals surface area contributed by atoms with Gasteiger partial charge in [0.25, 0.3) is 0 Å². The van der Waals surface area contributed by atoms with Gasteiger partial charge in [-0.25, -0.2) is 9.78 Å². The number of ether oxygens (including phenoxy) is 1. The molecule has 7 rings (SSSR count). The van der Waals surface area contributed by atoms with Gasteiger partial charge in [-0.15, -0.1) is 11.3 Å². The highest BCUT2D eigenvalue weighted by Gasteiger charge is 2.45. The van der Waals surface area contributed by atoms with Crippen molar-refractivity contribution in [1.82, 2.24) is 24.6 Å². The maximum atomic E-state index is 12.9. The van der Waals surface area contributed by atoms with Crippen molar-refractivity contribution < 1.29 is 13.9 Å². The van der Waals surface area contributed by atoms with Crippen LogP contribution in [0.4, 0.5) is 10.6 Å². The van der Waals surface area contributed by atoms with Gasteiger partial charge in [-0.1, -0.05) is 0 Å². The Morgan fingerprint density at radius 1 is 1.10 bits per heavy atom. The number of anilines is 1. The fourth-order valence-corrected chi connectivity index (χ4v) is 7.05. The Hall–Kier alpha value is -3.92. The van der Waals surface area contributed by atoms with Crippen molar-refractivity contribution in [2.45, 2.75) is 70.2 Å². The standard InChI is InChI=1S/C29H30N6O3S/c1-29(2,3)38-28(36)35-17-4-5-18(35)9-19(8-17)34-14-16(11-33-34)22-12-32-27(30)26-21(22)10-24(37-26)23-15-39-25-13-31-7-6-20(23)25/h6-7,10-15,17-19H,4-5,8-9H2,1-3H3,(H2,30,32)/t17-,18+,19-. The van der Waals surface area contributed by atoms with Crippen molar-refractivity contribution in [2.75, 3.05) is 5.73 Å². The number of hydrogen-bond donors (Lipinski definition) is 1. The first-order chi connectivity index (χ1) is 18.7. The first-order valence-corrected chi connectivity index (χ1v) is 14.2. The molecular formula is C29H30N6O3S. The maximum absolute atomic E-state index is 12.9. The molecule has 2 N–H and O–H groups in total. The SMILES string of the molecule is CC(C)(C)OC(=O)N1[C@@H]2CC[C@H]1C[C@H](n1cc(-c3cnc(N)c4oc(-c5csc6cnccc56)cc34)cn1)C2. The minimum absolute atomic E-state index is 0.174. The van der Waals surface area contributed by atoms with Crippen LogP contribution >= 0.6 is 11.3 Å². The topological polar surface area (TPSA) is 112 Å². The second-order valence-corrected chi connectivity index (χ2v) is 12.4. The summed E-state index contributed by atoms with van der Waals surface area (Å²) < 4.78 is 15.1. The minimum atomic E-state index is -0.497. The lowest BCUT2D eigenvalue weighted by atomic mass is 9.98. The highest BCUT2D eigenvalue weighted by Crippen LogP contribution is 2.43. The molecule has 39 heavy (non-hydrogen) atoms. The highest BCUT2D eigenvalue weighted by atomic mass is 32.1. The Kier molecular flexibility index (Phi) is 5.45. The average Bonchev–Trinajstić information content (AvgIpc) is 3.67. The van der Waals surface area contributed by atoms with Crippen molar-refractivity contribution in [3.8, 4) is 22.5 Å². The zero-order chi connectivity index (χ0) is 26.9. The predicted molar refractivity (Wildman–Crippen MR) is 151 cm³/mol. The number of furan rings is 1. The molecule has 5 aromatic heterocycles. The van der Waals surface area contributed by atoms with Crippen LogP contribution in [0.25, 0.3) is 43.5 Å². The molecule has 10 heteroatoms. The maximum Gasteiger partial charge on any atom is 0.410 e. The van der Waals surface area contributed by atoms with Crippen molar-refractivity contribution in [2.24, 2.45) is 0 Å². The van der Waals surface area contributed by atoms with Gasteiger partial charge in [-0.2, -0.15) is 5.10 Å². The predicted octanol–water partition coefficient (Wildman–Crippen LogP) is 6.65. The molecule has 2 bridgehead atoms. The summed E-state index contributed by atoms with van der Waals surface area (Å²) in [5.74, 6) is 1.11. The summed E-state index contributed by atoms with van der Waals surface area (Å²) in [6.45, 7) is 5.74. The van der Waals surface area contributed by atoms with E-state index in [1.165, 1.54) is 0 Å². The number of hydrogen-bond acceptors (Lipinski definition) is 8. The number of carbonyl (C=O) groups excluding carboxylic acids is 1. The number of aromatic nitrogens is 4. The van der Waals surface area contributed by atoms with Crippen LogP contribution in [0, 0.1) is 0 Å².